The molecule has 0 aromatic heterocycles. The molecule has 0 amide bonds. The molecular weight excluding hydrogens is 278 g/mol. The second-order valence-corrected chi connectivity index (χ2v) is 7.49. The van der Waals surface area contributed by atoms with Crippen molar-refractivity contribution < 1.29 is 14.4 Å². The Morgan fingerprint density at radius 3 is 2.55 bits per heavy atom. The minimum absolute atomic E-state index is 0.210. The minimum atomic E-state index is -0.681. The molecule has 0 aromatic rings. The molecule has 4 heteroatoms. The van der Waals surface area contributed by atoms with Crippen molar-refractivity contribution in [1.82, 2.24) is 4.90 Å². The summed E-state index contributed by atoms with van der Waals surface area (Å²) < 4.78 is 0. The van der Waals surface area contributed by atoms with Gasteiger partial charge in [-0.2, -0.15) is 0 Å². The summed E-state index contributed by atoms with van der Waals surface area (Å²) in [6.45, 7) is 2.78. The van der Waals surface area contributed by atoms with Gasteiger partial charge in [0.1, 0.15) is 12.6 Å². The van der Waals surface area contributed by atoms with Crippen LogP contribution in [0.5, 0.6) is 0 Å². The van der Waals surface area contributed by atoms with Crippen LogP contribution in [-0.2, 0) is 14.4 Å². The molecule has 0 N–H and O–H groups in total. The van der Waals surface area contributed by atoms with E-state index in [1.54, 1.807) is 0 Å². The lowest BCUT2D eigenvalue weighted by atomic mass is 9.53. The van der Waals surface area contributed by atoms with Gasteiger partial charge in [0.15, 0.2) is 5.78 Å². The number of carbonyl (C=O) groups excluding carboxylic acids is 3. The Kier molecular flexibility index (Phi) is 4.00. The molecule has 3 fully saturated rings. The Balaban J connectivity index is 2.08. The highest BCUT2D eigenvalue weighted by atomic mass is 16.1. The van der Waals surface area contributed by atoms with Gasteiger partial charge in [0.05, 0.1) is 16.5 Å². The SMILES string of the molecule is CCCCC1(C=O)CCC2(C=O)CCCCC23C(=O)CCN13. The van der Waals surface area contributed by atoms with Gasteiger partial charge in [-0.1, -0.05) is 32.6 Å². The van der Waals surface area contributed by atoms with E-state index in [1.165, 1.54) is 0 Å². The van der Waals surface area contributed by atoms with Crippen LogP contribution in [0.3, 0.4) is 0 Å². The molecule has 3 aliphatic rings. The van der Waals surface area contributed by atoms with Gasteiger partial charge in [-0.15, -0.1) is 0 Å². The Morgan fingerprint density at radius 2 is 1.86 bits per heavy atom. The molecule has 2 aliphatic heterocycles. The summed E-state index contributed by atoms with van der Waals surface area (Å²) in [5.74, 6) is 0.210. The van der Waals surface area contributed by atoms with Crippen molar-refractivity contribution in [3.8, 4) is 0 Å². The first-order valence-corrected chi connectivity index (χ1v) is 8.84. The fourth-order valence-corrected chi connectivity index (χ4v) is 5.51. The standard InChI is InChI=1S/C18H27NO3/c1-2-3-8-17(14-21)11-10-16(13-20)7-4-5-9-18(16)15(22)6-12-19(17)18/h13-14H,2-12H2,1H3. The van der Waals surface area contributed by atoms with E-state index in [2.05, 4.69) is 11.8 Å². The third-order valence-electron chi connectivity index (χ3n) is 6.67. The van der Waals surface area contributed by atoms with Crippen LogP contribution in [-0.4, -0.2) is 40.9 Å². The average Bonchev–Trinajstić information content (AvgIpc) is 2.90. The summed E-state index contributed by atoms with van der Waals surface area (Å²) in [6, 6.07) is 0. The highest BCUT2D eigenvalue weighted by molar-refractivity contribution is 5.96. The van der Waals surface area contributed by atoms with E-state index in [-0.39, 0.29) is 5.78 Å². The largest absolute Gasteiger partial charge is 0.303 e. The van der Waals surface area contributed by atoms with E-state index < -0.39 is 16.5 Å². The van der Waals surface area contributed by atoms with E-state index in [1.807, 2.05) is 0 Å². The predicted octanol–water partition coefficient (Wildman–Crippen LogP) is 2.68. The maximum atomic E-state index is 12.9. The highest BCUT2D eigenvalue weighted by Crippen LogP contribution is 2.59. The van der Waals surface area contributed by atoms with E-state index in [0.29, 0.717) is 19.4 Å². The Bertz CT molecular complexity index is 491. The number of ketones is 1. The smallest absolute Gasteiger partial charge is 0.155 e. The first-order valence-electron chi connectivity index (χ1n) is 8.84. The average molecular weight is 305 g/mol. The molecule has 2 heterocycles. The van der Waals surface area contributed by atoms with Crippen LogP contribution in [0.1, 0.15) is 71.1 Å². The topological polar surface area (TPSA) is 54.5 Å². The first-order chi connectivity index (χ1) is 10.6. The van der Waals surface area contributed by atoms with Crippen molar-refractivity contribution in [2.24, 2.45) is 5.41 Å². The van der Waals surface area contributed by atoms with Crippen molar-refractivity contribution in [1.29, 1.82) is 0 Å². The molecule has 0 aromatic carbocycles. The van der Waals surface area contributed by atoms with Gasteiger partial charge in [-0.3, -0.25) is 9.69 Å². The summed E-state index contributed by atoms with van der Waals surface area (Å²) in [6.07, 6.45) is 10.5. The summed E-state index contributed by atoms with van der Waals surface area (Å²) >= 11 is 0. The Labute approximate surface area is 132 Å². The molecule has 1 aliphatic carbocycles. The number of rotatable bonds is 5. The molecule has 1 spiro atoms. The molecule has 3 rings (SSSR count). The summed E-state index contributed by atoms with van der Waals surface area (Å²) in [5.41, 5.74) is -1.75. The summed E-state index contributed by atoms with van der Waals surface area (Å²) in [4.78, 5) is 39.2. The van der Waals surface area contributed by atoms with Crippen molar-refractivity contribution in [3.63, 3.8) is 0 Å². The zero-order chi connectivity index (χ0) is 15.8. The second kappa shape index (κ2) is 5.55. The molecule has 3 unspecified atom stereocenters. The third-order valence-corrected chi connectivity index (χ3v) is 6.67. The van der Waals surface area contributed by atoms with Crippen molar-refractivity contribution in [2.45, 2.75) is 82.2 Å². The third kappa shape index (κ3) is 1.82. The monoisotopic (exact) mass is 305 g/mol. The number of carbonyl (C=O) groups is 3. The Hall–Kier alpha value is -1.03. The fourth-order valence-electron chi connectivity index (χ4n) is 5.51. The molecule has 122 valence electrons. The number of unbranched alkanes of at least 4 members (excludes halogenated alkanes) is 1. The normalized spacial score (nSPS) is 41.8. The van der Waals surface area contributed by atoms with Crippen molar-refractivity contribution in [3.05, 3.63) is 0 Å². The van der Waals surface area contributed by atoms with Crippen LogP contribution in [0, 0.1) is 5.41 Å². The van der Waals surface area contributed by atoms with Crippen LogP contribution in [0.15, 0.2) is 0 Å². The maximum absolute atomic E-state index is 12.9. The lowest BCUT2D eigenvalue weighted by Crippen LogP contribution is -2.72. The van der Waals surface area contributed by atoms with E-state index in [0.717, 1.165) is 63.9 Å². The van der Waals surface area contributed by atoms with Gasteiger partial charge in [0, 0.05) is 13.0 Å². The number of aldehydes is 2. The predicted molar refractivity (Wildman–Crippen MR) is 83.6 cm³/mol. The molecule has 0 bridgehead atoms. The van der Waals surface area contributed by atoms with E-state index in [4.69, 9.17) is 0 Å². The van der Waals surface area contributed by atoms with E-state index in [9.17, 15) is 14.4 Å². The zero-order valence-corrected chi connectivity index (χ0v) is 13.6. The molecular formula is C18H27NO3. The number of nitrogens with zero attached hydrogens (tertiary/aromatic N) is 1. The van der Waals surface area contributed by atoms with Gasteiger partial charge in [-0.25, -0.2) is 0 Å². The van der Waals surface area contributed by atoms with Crippen LogP contribution < -0.4 is 0 Å². The number of piperidine rings is 1. The van der Waals surface area contributed by atoms with Gasteiger partial charge < -0.3 is 9.59 Å². The van der Waals surface area contributed by atoms with E-state index >= 15 is 0 Å². The molecule has 0 radical (unpaired) electrons. The van der Waals surface area contributed by atoms with Crippen LogP contribution in [0.4, 0.5) is 0 Å². The Morgan fingerprint density at radius 1 is 1.09 bits per heavy atom. The lowest BCUT2D eigenvalue weighted by Gasteiger charge is -2.61. The van der Waals surface area contributed by atoms with Crippen LogP contribution in [0.25, 0.3) is 0 Å². The fraction of sp³-hybridized carbons (Fsp3) is 0.833. The highest BCUT2D eigenvalue weighted by Gasteiger charge is 2.69. The van der Waals surface area contributed by atoms with Gasteiger partial charge in [0.25, 0.3) is 0 Å². The molecule has 1 saturated carbocycles. The lowest BCUT2D eigenvalue weighted by molar-refractivity contribution is -0.170. The van der Waals surface area contributed by atoms with Crippen LogP contribution >= 0.6 is 0 Å². The first kappa shape index (κ1) is 15.9. The van der Waals surface area contributed by atoms with Gasteiger partial charge in [0.2, 0.25) is 0 Å². The van der Waals surface area contributed by atoms with Gasteiger partial charge >= 0.3 is 0 Å². The molecule has 22 heavy (non-hydrogen) atoms. The summed E-state index contributed by atoms with van der Waals surface area (Å²) in [5, 5.41) is 0. The molecule has 2 saturated heterocycles. The van der Waals surface area contributed by atoms with Crippen molar-refractivity contribution >= 4 is 18.4 Å². The quantitative estimate of drug-likeness (QED) is 0.733. The maximum Gasteiger partial charge on any atom is 0.155 e. The van der Waals surface area contributed by atoms with Crippen LogP contribution in [0.2, 0.25) is 0 Å². The zero-order valence-electron chi connectivity index (χ0n) is 13.6. The minimum Gasteiger partial charge on any atom is -0.303 e. The van der Waals surface area contributed by atoms with Gasteiger partial charge in [-0.05, 0) is 32.1 Å². The number of hydrogen-bond donors (Lipinski definition) is 0. The number of hydrogen-bond acceptors (Lipinski definition) is 4. The summed E-state index contributed by atoms with van der Waals surface area (Å²) in [7, 11) is 0. The van der Waals surface area contributed by atoms with Crippen molar-refractivity contribution in [2.75, 3.05) is 6.54 Å². The second-order valence-electron chi connectivity index (χ2n) is 7.49. The molecule has 4 nitrogen and oxygen atoms in total. The number of Topliss-reactive ketones (excluding diaryl/α,β-unsaturated/α-hetero) is 1. The molecule has 3 atom stereocenters.